The maximum absolute atomic E-state index is 13.3. The first-order valence-corrected chi connectivity index (χ1v) is 26.5. The van der Waals surface area contributed by atoms with Crippen LogP contribution in [0.4, 0.5) is 22.7 Å². The van der Waals surface area contributed by atoms with Gasteiger partial charge in [0.25, 0.3) is 0 Å². The highest BCUT2D eigenvalue weighted by atomic mass is 16.5. The van der Waals surface area contributed by atoms with Crippen molar-refractivity contribution in [3.05, 3.63) is 202 Å². The second kappa shape index (κ2) is 25.0. The van der Waals surface area contributed by atoms with Gasteiger partial charge in [-0.25, -0.2) is 28.1 Å². The minimum atomic E-state index is -0.165. The number of benzene rings is 6. The number of phenols is 2. The lowest BCUT2D eigenvalue weighted by molar-refractivity contribution is 0.0116. The van der Waals surface area contributed by atoms with Crippen molar-refractivity contribution < 1.29 is 19.7 Å². The number of ether oxygens (including phenoxy) is 2. The molecule has 6 aromatic carbocycles. The highest BCUT2D eigenvalue weighted by molar-refractivity contribution is 5.56. The quantitative estimate of drug-likeness (QED) is 0.0843. The van der Waals surface area contributed by atoms with Crippen LogP contribution in [0.5, 0.6) is 11.5 Å². The van der Waals surface area contributed by atoms with E-state index in [4.69, 9.17) is 9.47 Å². The molecule has 2 aliphatic heterocycles. The van der Waals surface area contributed by atoms with Crippen LogP contribution in [0.1, 0.15) is 63.7 Å². The zero-order valence-corrected chi connectivity index (χ0v) is 44.0. The Morgan fingerprint density at radius 3 is 0.987 bits per heavy atom. The first kappa shape index (κ1) is 52.8. The molecule has 0 bridgehead atoms. The maximum atomic E-state index is 13.3. The van der Waals surface area contributed by atoms with Crippen molar-refractivity contribution in [1.29, 1.82) is 0 Å². The van der Waals surface area contributed by atoms with Crippen molar-refractivity contribution >= 4 is 22.7 Å². The zero-order valence-electron chi connectivity index (χ0n) is 44.0. The molecule has 0 saturated carbocycles. The molecule has 16 heteroatoms. The number of phenolic OH excluding ortho intramolecular Hbond substituents is 2. The molecule has 0 amide bonds. The summed E-state index contributed by atoms with van der Waals surface area (Å²) < 4.78 is 18.5. The van der Waals surface area contributed by atoms with E-state index in [1.165, 1.54) is 0 Å². The Labute approximate surface area is 444 Å². The fourth-order valence-corrected chi connectivity index (χ4v) is 10.1. The van der Waals surface area contributed by atoms with Gasteiger partial charge in [-0.3, -0.25) is 0 Å². The van der Waals surface area contributed by atoms with Crippen molar-refractivity contribution in [2.24, 2.45) is 0 Å². The van der Waals surface area contributed by atoms with Crippen LogP contribution in [0, 0.1) is 0 Å². The fourth-order valence-electron chi connectivity index (χ4n) is 10.1. The third-order valence-electron chi connectivity index (χ3n) is 14.6. The Bertz CT molecular complexity index is 2930. The summed E-state index contributed by atoms with van der Waals surface area (Å²) in [6, 6.07) is 50.7. The van der Waals surface area contributed by atoms with Gasteiger partial charge in [0.15, 0.2) is 0 Å². The van der Waals surface area contributed by atoms with Crippen LogP contribution in [0.2, 0.25) is 0 Å². The van der Waals surface area contributed by atoms with Crippen LogP contribution in [0.25, 0.3) is 11.4 Å². The summed E-state index contributed by atoms with van der Waals surface area (Å²) in [5, 5.41) is 28.0. The summed E-state index contributed by atoms with van der Waals surface area (Å²) in [5.41, 5.74) is 7.98. The van der Waals surface area contributed by atoms with Gasteiger partial charge in [0.2, 0.25) is 0 Å². The van der Waals surface area contributed by atoms with E-state index in [9.17, 15) is 19.8 Å². The van der Waals surface area contributed by atoms with Crippen molar-refractivity contribution in [1.82, 2.24) is 28.7 Å². The molecule has 396 valence electrons. The number of hydrogen-bond donors (Lipinski definition) is 2. The van der Waals surface area contributed by atoms with Gasteiger partial charge in [-0.05, 0) is 135 Å². The maximum Gasteiger partial charge on any atom is 0.350 e. The molecular formula is C60H70N10O6. The molecule has 76 heavy (non-hydrogen) atoms. The van der Waals surface area contributed by atoms with Crippen LogP contribution >= 0.6 is 0 Å². The van der Waals surface area contributed by atoms with E-state index in [0.717, 1.165) is 110 Å². The molecule has 2 saturated heterocycles. The predicted molar refractivity (Wildman–Crippen MR) is 301 cm³/mol. The van der Waals surface area contributed by atoms with Gasteiger partial charge in [-0.2, -0.15) is 10.2 Å². The molecular weight excluding hydrogens is 957 g/mol. The predicted octanol–water partition coefficient (Wildman–Crippen LogP) is 9.25. The summed E-state index contributed by atoms with van der Waals surface area (Å²) in [5.74, 6) is 0.571. The van der Waals surface area contributed by atoms with Crippen LogP contribution in [-0.2, 0) is 22.7 Å². The molecule has 10 rings (SSSR count). The molecule has 0 unspecified atom stereocenters. The molecule has 4 heterocycles. The average Bonchev–Trinajstić information content (AvgIpc) is 4.05. The van der Waals surface area contributed by atoms with Crippen LogP contribution < -0.4 is 31.0 Å². The summed E-state index contributed by atoms with van der Waals surface area (Å²) in [6.07, 6.45) is 4.35. The summed E-state index contributed by atoms with van der Waals surface area (Å²) >= 11 is 0. The van der Waals surface area contributed by atoms with Gasteiger partial charge >= 0.3 is 11.4 Å². The monoisotopic (exact) mass is 1030 g/mol. The number of anilines is 4. The number of aromatic hydroxyl groups is 2. The lowest BCUT2D eigenvalue weighted by Gasteiger charge is -2.37. The first-order valence-electron chi connectivity index (χ1n) is 26.5. The van der Waals surface area contributed by atoms with E-state index in [2.05, 4.69) is 67.9 Å². The third kappa shape index (κ3) is 12.7. The Morgan fingerprint density at radius 2 is 0.697 bits per heavy atom. The SMILES string of the molecule is CC[C@@H]([C@H](C)OCc1ccccc1)n1ncn(-c2ccc(N3CCN(c4ccc(O)cc4)CC3)cc2)c1=O.CC[C@H]([C@@H](C)OCc1ccccc1)n1ncn(-c2ccc(N3CCN(c4ccc(O)cc4)CC3)cc2)c1=O. The van der Waals surface area contributed by atoms with Crippen molar-refractivity contribution in [3.63, 3.8) is 0 Å². The second-order valence-corrected chi connectivity index (χ2v) is 19.4. The highest BCUT2D eigenvalue weighted by Crippen LogP contribution is 2.27. The minimum absolute atomic E-state index is 0.156. The van der Waals surface area contributed by atoms with Gasteiger partial charge in [-0.1, -0.05) is 74.5 Å². The lowest BCUT2D eigenvalue weighted by atomic mass is 10.1. The highest BCUT2D eigenvalue weighted by Gasteiger charge is 2.25. The molecule has 2 aromatic heterocycles. The molecule has 2 fully saturated rings. The Kier molecular flexibility index (Phi) is 17.3. The molecule has 0 aliphatic carbocycles. The Balaban J connectivity index is 0.000000186. The third-order valence-corrected chi connectivity index (χ3v) is 14.6. The van der Waals surface area contributed by atoms with E-state index >= 15 is 0 Å². The van der Waals surface area contributed by atoms with E-state index < -0.39 is 0 Å². The fraction of sp³-hybridized carbons (Fsp3) is 0.333. The standard InChI is InChI=1S/2C30H35N5O3/c2*1-3-29(23(2)38-21-24-7-5-4-6-8-24)35-30(37)34(22-31-35)27-11-9-25(10-12-27)32-17-19-33(20-18-32)26-13-15-28(36)16-14-26/h2*4-16,22-23,29,36H,3,17-21H2,1-2H3/t2*23-,29-/m10/s1. The van der Waals surface area contributed by atoms with Crippen LogP contribution in [0.15, 0.2) is 180 Å². The van der Waals surface area contributed by atoms with Crippen molar-refractivity contribution in [2.75, 3.05) is 72.0 Å². The zero-order chi connectivity index (χ0) is 53.0. The molecule has 0 radical (unpaired) electrons. The number of piperazine rings is 2. The van der Waals surface area contributed by atoms with Crippen LogP contribution in [-0.4, -0.2) is 103 Å². The summed E-state index contributed by atoms with van der Waals surface area (Å²) in [6.45, 7) is 16.3. The number of nitrogens with zero attached hydrogens (tertiary/aromatic N) is 10. The second-order valence-electron chi connectivity index (χ2n) is 19.4. The average molecular weight is 1030 g/mol. The molecule has 4 atom stereocenters. The molecule has 0 spiro atoms. The molecule has 2 aliphatic rings. The van der Waals surface area contributed by atoms with Gasteiger partial charge in [-0.15, -0.1) is 0 Å². The summed E-state index contributed by atoms with van der Waals surface area (Å²) in [7, 11) is 0. The van der Waals surface area contributed by atoms with Crippen molar-refractivity contribution in [3.8, 4) is 22.9 Å². The van der Waals surface area contributed by atoms with E-state index in [1.54, 1.807) is 55.4 Å². The minimum Gasteiger partial charge on any atom is -0.508 e. The normalized spacial score (nSPS) is 15.4. The molecule has 8 aromatic rings. The van der Waals surface area contributed by atoms with Gasteiger partial charge < -0.3 is 39.3 Å². The Hall–Kier alpha value is -8.08. The van der Waals surface area contributed by atoms with Crippen molar-refractivity contribution in [2.45, 2.75) is 78.0 Å². The van der Waals surface area contributed by atoms with Gasteiger partial charge in [0.05, 0.1) is 48.9 Å². The number of aromatic nitrogens is 6. The smallest absolute Gasteiger partial charge is 0.350 e. The topological polar surface area (TPSA) is 152 Å². The van der Waals surface area contributed by atoms with Crippen LogP contribution in [0.3, 0.4) is 0 Å². The Morgan fingerprint density at radius 1 is 0.421 bits per heavy atom. The van der Waals surface area contributed by atoms with E-state index in [1.807, 2.05) is 123 Å². The largest absolute Gasteiger partial charge is 0.508 e. The number of hydrogen-bond acceptors (Lipinski definition) is 12. The molecule has 2 N–H and O–H groups in total. The van der Waals surface area contributed by atoms with E-state index in [-0.39, 0.29) is 47.2 Å². The number of rotatable bonds is 18. The van der Waals surface area contributed by atoms with Gasteiger partial charge in [0.1, 0.15) is 24.2 Å². The van der Waals surface area contributed by atoms with Gasteiger partial charge in [0, 0.05) is 75.1 Å². The van der Waals surface area contributed by atoms with E-state index in [0.29, 0.717) is 13.2 Å². The first-order chi connectivity index (χ1) is 37.1. The molecule has 16 nitrogen and oxygen atoms in total. The lowest BCUT2D eigenvalue weighted by Crippen LogP contribution is -2.46. The summed E-state index contributed by atoms with van der Waals surface area (Å²) in [4.78, 5) is 36.0.